The molecule has 2 aromatic carbocycles. The van der Waals surface area contributed by atoms with Gasteiger partial charge in [-0.15, -0.1) is 0 Å². The number of benzene rings is 2. The predicted molar refractivity (Wildman–Crippen MR) is 53.3 cm³/mol. The first kappa shape index (κ1) is 11.8. The second kappa shape index (κ2) is 7.10. The maximum Gasteiger partial charge on any atom is -0.0184 e. The maximum absolute atomic E-state index is 8.50. The van der Waals surface area contributed by atoms with Crippen LogP contribution in [0.1, 0.15) is 0 Å². The first-order valence-electron chi connectivity index (χ1n) is 4.48. The van der Waals surface area contributed by atoms with Crippen LogP contribution in [0.5, 0.6) is 0 Å². The molecule has 0 aromatic heterocycles. The molecule has 2 nitrogen and oxygen atoms in total. The Balaban J connectivity index is 0.000000337. The minimum absolute atomic E-state index is 1.28. The molecule has 0 aliphatic rings. The summed E-state index contributed by atoms with van der Waals surface area (Å²) < 4.78 is 17.0. The molecule has 15 heavy (non-hydrogen) atoms. The Morgan fingerprint density at radius 1 is 0.600 bits per heavy atom. The summed E-state index contributed by atoms with van der Waals surface area (Å²) in [6.07, 6.45) is 0. The maximum atomic E-state index is 8.50. The Morgan fingerprint density at radius 2 is 0.867 bits per heavy atom. The fraction of sp³-hybridized carbons (Fsp3) is 0. The fourth-order valence-electron chi connectivity index (χ4n) is 1.26. The van der Waals surface area contributed by atoms with Gasteiger partial charge in [-0.3, -0.25) is 0 Å². The van der Waals surface area contributed by atoms with Gasteiger partial charge in [0.25, 0.3) is 0 Å². The van der Waals surface area contributed by atoms with E-state index in [4.69, 9.17) is 6.65 Å². The molecule has 0 aliphatic carbocycles. The number of hydrogen-bond donors (Lipinski definition) is 0. The first-order chi connectivity index (χ1) is 7.38. The Kier molecular flexibility index (Phi) is 5.60. The Labute approximate surface area is 97.5 Å². The third-order valence-corrected chi connectivity index (χ3v) is 1.88. The minimum atomic E-state index is -2.00. The molecule has 0 fully saturated rings. The molecule has 0 atom stereocenters. The van der Waals surface area contributed by atoms with E-state index in [0.29, 0.717) is 0 Å². The fourth-order valence-corrected chi connectivity index (χ4v) is 1.26. The summed E-state index contributed by atoms with van der Waals surface area (Å²) in [7, 11) is 0. The van der Waals surface area contributed by atoms with Gasteiger partial charge in [0.05, 0.1) is 0 Å². The van der Waals surface area contributed by atoms with E-state index in [1.54, 1.807) is 0 Å². The zero-order chi connectivity index (χ0) is 10.9. The zero-order valence-corrected chi connectivity index (χ0v) is 9.65. The molecular formula is C12H10O2Ti. The molecule has 0 radical (unpaired) electrons. The molecule has 2 aromatic rings. The molecule has 3 heteroatoms. The van der Waals surface area contributed by atoms with Crippen molar-refractivity contribution in [3.05, 3.63) is 60.7 Å². The van der Waals surface area contributed by atoms with Gasteiger partial charge in [-0.05, 0) is 11.1 Å². The van der Waals surface area contributed by atoms with Crippen LogP contribution in [-0.4, -0.2) is 0 Å². The number of hydrogen-bond acceptors (Lipinski definition) is 2. The van der Waals surface area contributed by atoms with Crippen LogP contribution in [0.2, 0.25) is 0 Å². The van der Waals surface area contributed by atoms with E-state index in [2.05, 4.69) is 48.5 Å². The molecule has 0 unspecified atom stereocenters. The van der Waals surface area contributed by atoms with Crippen LogP contribution in [0.15, 0.2) is 60.7 Å². The minimum Gasteiger partial charge on any atom is -0.0622 e. The molecule has 0 N–H and O–H groups in total. The predicted octanol–water partition coefficient (Wildman–Crippen LogP) is 3.11. The summed E-state index contributed by atoms with van der Waals surface area (Å²) in [5.74, 6) is 0. The molecule has 0 heterocycles. The van der Waals surface area contributed by atoms with Crippen molar-refractivity contribution in [3.63, 3.8) is 0 Å². The van der Waals surface area contributed by atoms with Gasteiger partial charge in [0.1, 0.15) is 0 Å². The summed E-state index contributed by atoms with van der Waals surface area (Å²) in [5, 5.41) is 0. The van der Waals surface area contributed by atoms with Crippen LogP contribution >= 0.6 is 0 Å². The van der Waals surface area contributed by atoms with Gasteiger partial charge in [0.2, 0.25) is 0 Å². The number of rotatable bonds is 1. The Morgan fingerprint density at radius 3 is 1.13 bits per heavy atom. The van der Waals surface area contributed by atoms with E-state index in [9.17, 15) is 0 Å². The monoisotopic (exact) mass is 234 g/mol. The topological polar surface area (TPSA) is 34.1 Å². The third kappa shape index (κ3) is 4.19. The van der Waals surface area contributed by atoms with Crippen LogP contribution in [-0.2, 0) is 25.7 Å². The van der Waals surface area contributed by atoms with Crippen LogP contribution in [0.4, 0.5) is 0 Å². The second-order valence-electron chi connectivity index (χ2n) is 2.82. The van der Waals surface area contributed by atoms with Gasteiger partial charge in [-0.25, -0.2) is 0 Å². The molecule has 0 saturated carbocycles. The van der Waals surface area contributed by atoms with Crippen molar-refractivity contribution < 1.29 is 25.7 Å². The van der Waals surface area contributed by atoms with Gasteiger partial charge in [-0.1, -0.05) is 60.7 Å². The molecule has 2 rings (SSSR count). The van der Waals surface area contributed by atoms with Gasteiger partial charge in [0, 0.05) is 0 Å². The second-order valence-corrected chi connectivity index (χ2v) is 3.08. The van der Waals surface area contributed by atoms with E-state index in [1.165, 1.54) is 11.1 Å². The quantitative estimate of drug-likeness (QED) is 0.710. The first-order valence-corrected chi connectivity index (χ1v) is 5.75. The zero-order valence-electron chi connectivity index (χ0n) is 8.09. The molecular weight excluding hydrogens is 224 g/mol. The van der Waals surface area contributed by atoms with Crippen LogP contribution in [0, 0.1) is 0 Å². The summed E-state index contributed by atoms with van der Waals surface area (Å²) in [6, 6.07) is 20.8. The van der Waals surface area contributed by atoms with Crippen molar-refractivity contribution in [2.75, 3.05) is 0 Å². The molecule has 0 aliphatic heterocycles. The molecule has 0 saturated heterocycles. The third-order valence-electron chi connectivity index (χ3n) is 1.88. The van der Waals surface area contributed by atoms with Crippen molar-refractivity contribution in [2.24, 2.45) is 0 Å². The summed E-state index contributed by atoms with van der Waals surface area (Å²) >= 11 is -2.00. The van der Waals surface area contributed by atoms with Crippen LogP contribution < -0.4 is 0 Å². The van der Waals surface area contributed by atoms with Crippen molar-refractivity contribution in [2.45, 2.75) is 0 Å². The van der Waals surface area contributed by atoms with E-state index in [1.807, 2.05) is 12.1 Å². The van der Waals surface area contributed by atoms with Crippen molar-refractivity contribution in [3.8, 4) is 11.1 Å². The molecule has 0 amide bonds. The molecule has 74 valence electrons. The Hall–Kier alpha value is -1.25. The summed E-state index contributed by atoms with van der Waals surface area (Å²) in [6.45, 7) is 0. The van der Waals surface area contributed by atoms with Gasteiger partial charge in [0.15, 0.2) is 0 Å². The van der Waals surface area contributed by atoms with Crippen LogP contribution in [0.3, 0.4) is 0 Å². The van der Waals surface area contributed by atoms with Gasteiger partial charge in [-0.2, -0.15) is 0 Å². The standard InChI is InChI=1S/C12H10.2O.Ti/c1-3-7-11(8-4-1)12-9-5-2-6-10-12;;;/h1-10H;;;. The van der Waals surface area contributed by atoms with Crippen molar-refractivity contribution in [1.82, 2.24) is 0 Å². The summed E-state index contributed by atoms with van der Waals surface area (Å²) in [4.78, 5) is 0. The average Bonchev–Trinajstić information content (AvgIpc) is 2.32. The van der Waals surface area contributed by atoms with E-state index < -0.39 is 19.1 Å². The van der Waals surface area contributed by atoms with Gasteiger partial charge >= 0.3 is 25.7 Å². The Bertz CT molecular complexity index is 382. The van der Waals surface area contributed by atoms with E-state index >= 15 is 0 Å². The summed E-state index contributed by atoms with van der Waals surface area (Å²) in [5.41, 5.74) is 2.55. The van der Waals surface area contributed by atoms with Crippen molar-refractivity contribution >= 4 is 0 Å². The largest absolute Gasteiger partial charge is 0.0622 e. The smallest absolute Gasteiger partial charge is 0.0184 e. The molecule has 0 spiro atoms. The normalized spacial score (nSPS) is 8.27. The van der Waals surface area contributed by atoms with E-state index in [-0.39, 0.29) is 0 Å². The van der Waals surface area contributed by atoms with Crippen LogP contribution in [0.25, 0.3) is 11.1 Å². The molecule has 0 bridgehead atoms. The average molecular weight is 234 g/mol. The van der Waals surface area contributed by atoms with Crippen molar-refractivity contribution in [1.29, 1.82) is 0 Å². The SMILES string of the molecule is [O]=[Ti]=[O].c1ccc(-c2ccccc2)cc1. The van der Waals surface area contributed by atoms with Gasteiger partial charge < -0.3 is 0 Å². The van der Waals surface area contributed by atoms with E-state index in [0.717, 1.165) is 0 Å².